The Balaban J connectivity index is 2.52. The summed E-state index contributed by atoms with van der Waals surface area (Å²) in [6.45, 7) is 3.73. The summed E-state index contributed by atoms with van der Waals surface area (Å²) in [4.78, 5) is 15.4. The van der Waals surface area contributed by atoms with Gasteiger partial charge in [-0.15, -0.1) is 11.6 Å². The summed E-state index contributed by atoms with van der Waals surface area (Å²) < 4.78 is 0. The molecule has 16 heavy (non-hydrogen) atoms. The zero-order chi connectivity index (χ0) is 11.8. The summed E-state index contributed by atoms with van der Waals surface area (Å²) in [5.74, 6) is 0.408. The Hall–Kier alpha value is -1.28. The number of para-hydroxylation sites is 1. The number of Topliss-reactive ketones (excluding diaryl/α,β-unsaturated/α-hetero) is 1. The number of nitrogens with one attached hydrogen (secondary N) is 1. The summed E-state index contributed by atoms with van der Waals surface area (Å²) in [6, 6.07) is 7.78. The summed E-state index contributed by atoms with van der Waals surface area (Å²) in [5, 5.41) is 0.964. The van der Waals surface area contributed by atoms with E-state index in [1.807, 2.05) is 38.1 Å². The largest absolute Gasteiger partial charge is 0.360 e. The molecule has 0 saturated heterocycles. The molecule has 3 heteroatoms. The molecule has 0 radical (unpaired) electrons. The number of H-pyrrole nitrogens is 1. The molecular formula is C13H14ClNO. The van der Waals surface area contributed by atoms with Gasteiger partial charge < -0.3 is 4.98 Å². The number of hydrogen-bond acceptors (Lipinski definition) is 1. The topological polar surface area (TPSA) is 32.9 Å². The molecule has 0 bridgehead atoms. The van der Waals surface area contributed by atoms with E-state index in [0.717, 1.165) is 16.5 Å². The third-order valence-electron chi connectivity index (χ3n) is 2.78. The number of rotatable bonds is 3. The number of carbonyl (C=O) groups excluding carboxylic acids is 1. The van der Waals surface area contributed by atoms with Gasteiger partial charge in [0.25, 0.3) is 0 Å². The van der Waals surface area contributed by atoms with Crippen LogP contribution in [-0.4, -0.2) is 16.6 Å². The van der Waals surface area contributed by atoms with Gasteiger partial charge in [-0.1, -0.05) is 32.0 Å². The minimum Gasteiger partial charge on any atom is -0.360 e. The maximum atomic E-state index is 12.3. The number of alkyl halides is 1. The maximum Gasteiger partial charge on any atom is 0.171 e. The lowest BCUT2D eigenvalue weighted by atomic mass is 9.86. The molecule has 0 saturated carbocycles. The highest BCUT2D eigenvalue weighted by molar-refractivity contribution is 6.22. The number of ketones is 1. The minimum atomic E-state index is -0.521. The first kappa shape index (κ1) is 11.2. The number of aromatic amines is 1. The van der Waals surface area contributed by atoms with Gasteiger partial charge in [0, 0.05) is 34.0 Å². The number of benzene rings is 1. The van der Waals surface area contributed by atoms with E-state index >= 15 is 0 Å². The van der Waals surface area contributed by atoms with Crippen LogP contribution < -0.4 is 0 Å². The highest BCUT2D eigenvalue weighted by Gasteiger charge is 2.29. The Labute approximate surface area is 99.6 Å². The van der Waals surface area contributed by atoms with Gasteiger partial charge in [-0.05, 0) is 6.07 Å². The van der Waals surface area contributed by atoms with Crippen molar-refractivity contribution in [1.82, 2.24) is 4.98 Å². The second kappa shape index (κ2) is 3.95. The molecule has 0 spiro atoms. The van der Waals surface area contributed by atoms with E-state index in [1.165, 1.54) is 0 Å². The third-order valence-corrected chi connectivity index (χ3v) is 3.45. The average Bonchev–Trinajstić information content (AvgIpc) is 2.71. The Morgan fingerprint density at radius 3 is 2.75 bits per heavy atom. The molecule has 0 aliphatic rings. The molecule has 0 aliphatic carbocycles. The van der Waals surface area contributed by atoms with Crippen molar-refractivity contribution < 1.29 is 4.79 Å². The van der Waals surface area contributed by atoms with Crippen molar-refractivity contribution >= 4 is 28.3 Å². The normalized spacial score (nSPS) is 11.9. The summed E-state index contributed by atoms with van der Waals surface area (Å²) in [7, 11) is 0. The molecule has 1 aromatic carbocycles. The van der Waals surface area contributed by atoms with Crippen LogP contribution in [0.25, 0.3) is 10.9 Å². The lowest BCUT2D eigenvalue weighted by Crippen LogP contribution is -2.25. The quantitative estimate of drug-likeness (QED) is 0.640. The lowest BCUT2D eigenvalue weighted by Gasteiger charge is -2.18. The molecule has 2 rings (SSSR count). The average molecular weight is 236 g/mol. The van der Waals surface area contributed by atoms with Crippen LogP contribution in [0.5, 0.6) is 0 Å². The van der Waals surface area contributed by atoms with E-state index < -0.39 is 5.41 Å². The van der Waals surface area contributed by atoms with E-state index in [9.17, 15) is 4.79 Å². The minimum absolute atomic E-state index is 0.0833. The molecule has 1 N–H and O–H groups in total. The highest BCUT2D eigenvalue weighted by atomic mass is 35.5. The lowest BCUT2D eigenvalue weighted by molar-refractivity contribution is 0.0864. The predicted molar refractivity (Wildman–Crippen MR) is 67.1 cm³/mol. The fourth-order valence-electron chi connectivity index (χ4n) is 1.68. The van der Waals surface area contributed by atoms with E-state index in [0.29, 0.717) is 5.88 Å². The molecule has 2 aromatic rings. The Bertz CT molecular complexity index is 527. The Morgan fingerprint density at radius 2 is 2.06 bits per heavy atom. The molecule has 84 valence electrons. The summed E-state index contributed by atoms with van der Waals surface area (Å²) in [6.07, 6.45) is 1.77. The number of fused-ring (bicyclic) bond motifs is 1. The van der Waals surface area contributed by atoms with Crippen LogP contribution in [0.3, 0.4) is 0 Å². The fraction of sp³-hybridized carbons (Fsp3) is 0.308. The summed E-state index contributed by atoms with van der Waals surface area (Å²) in [5.41, 5.74) is 1.18. The van der Waals surface area contributed by atoms with Crippen molar-refractivity contribution in [1.29, 1.82) is 0 Å². The van der Waals surface area contributed by atoms with Crippen LogP contribution in [0.15, 0.2) is 30.5 Å². The standard InChI is InChI=1S/C13H14ClNO/c1-13(2,8-14)12(16)10-7-15-11-6-4-3-5-9(10)11/h3-7,15H,8H2,1-2H3. The van der Waals surface area contributed by atoms with Gasteiger partial charge in [-0.3, -0.25) is 4.79 Å². The predicted octanol–water partition coefficient (Wildman–Crippen LogP) is 3.62. The van der Waals surface area contributed by atoms with E-state index in [2.05, 4.69) is 4.98 Å². The molecule has 0 unspecified atom stereocenters. The van der Waals surface area contributed by atoms with Gasteiger partial charge in [0.15, 0.2) is 5.78 Å². The first-order valence-corrected chi connectivity index (χ1v) is 5.76. The molecule has 0 amide bonds. The van der Waals surface area contributed by atoms with Gasteiger partial charge >= 0.3 is 0 Å². The molecule has 0 atom stereocenters. The van der Waals surface area contributed by atoms with Crippen LogP contribution in [-0.2, 0) is 0 Å². The highest BCUT2D eigenvalue weighted by Crippen LogP contribution is 2.27. The van der Waals surface area contributed by atoms with Crippen molar-refractivity contribution in [3.8, 4) is 0 Å². The monoisotopic (exact) mass is 235 g/mol. The van der Waals surface area contributed by atoms with Crippen molar-refractivity contribution in [2.75, 3.05) is 5.88 Å². The number of halogens is 1. The zero-order valence-corrected chi connectivity index (χ0v) is 10.1. The smallest absolute Gasteiger partial charge is 0.171 e. The van der Waals surface area contributed by atoms with Crippen LogP contribution in [0.2, 0.25) is 0 Å². The fourth-order valence-corrected chi connectivity index (χ4v) is 1.81. The Morgan fingerprint density at radius 1 is 1.38 bits per heavy atom. The van der Waals surface area contributed by atoms with Crippen molar-refractivity contribution in [3.05, 3.63) is 36.0 Å². The van der Waals surface area contributed by atoms with E-state index in [4.69, 9.17) is 11.6 Å². The molecule has 0 aliphatic heterocycles. The third kappa shape index (κ3) is 1.74. The second-order valence-corrected chi connectivity index (χ2v) is 4.86. The van der Waals surface area contributed by atoms with Crippen molar-refractivity contribution in [2.24, 2.45) is 5.41 Å². The zero-order valence-electron chi connectivity index (χ0n) is 9.38. The van der Waals surface area contributed by atoms with Gasteiger partial charge in [-0.2, -0.15) is 0 Å². The molecule has 0 fully saturated rings. The van der Waals surface area contributed by atoms with Crippen LogP contribution in [0.4, 0.5) is 0 Å². The molecule has 1 heterocycles. The van der Waals surface area contributed by atoms with E-state index in [1.54, 1.807) is 6.20 Å². The van der Waals surface area contributed by atoms with Gasteiger partial charge in [0.05, 0.1) is 0 Å². The van der Waals surface area contributed by atoms with Gasteiger partial charge in [0.1, 0.15) is 0 Å². The first-order chi connectivity index (χ1) is 7.56. The van der Waals surface area contributed by atoms with Crippen LogP contribution in [0.1, 0.15) is 24.2 Å². The second-order valence-electron chi connectivity index (χ2n) is 4.59. The van der Waals surface area contributed by atoms with E-state index in [-0.39, 0.29) is 5.78 Å². The maximum absolute atomic E-state index is 12.3. The van der Waals surface area contributed by atoms with Crippen LogP contribution >= 0.6 is 11.6 Å². The Kier molecular flexibility index (Phi) is 2.76. The van der Waals surface area contributed by atoms with Crippen molar-refractivity contribution in [2.45, 2.75) is 13.8 Å². The molecular weight excluding hydrogens is 222 g/mol. The summed E-state index contributed by atoms with van der Waals surface area (Å²) >= 11 is 5.83. The van der Waals surface area contributed by atoms with Crippen LogP contribution in [0, 0.1) is 5.41 Å². The molecule has 2 nitrogen and oxygen atoms in total. The van der Waals surface area contributed by atoms with Gasteiger partial charge in [0.2, 0.25) is 0 Å². The molecule has 1 aromatic heterocycles. The van der Waals surface area contributed by atoms with Crippen molar-refractivity contribution in [3.63, 3.8) is 0 Å². The van der Waals surface area contributed by atoms with Gasteiger partial charge in [-0.25, -0.2) is 0 Å². The number of hydrogen-bond donors (Lipinski definition) is 1. The first-order valence-electron chi connectivity index (χ1n) is 5.23. The SMILES string of the molecule is CC(C)(CCl)C(=O)c1c[nH]c2ccccc12. The number of carbonyl (C=O) groups is 1. The number of aromatic nitrogens is 1.